The SMILES string of the molecule is CCCCCOP(=O)(OCCCCC)C1(NS(=O)(=O)c2ccc(C)cc2)C=CC(=O)c2ccccc21. The van der Waals surface area contributed by atoms with Crippen LogP contribution >= 0.6 is 7.60 Å². The molecule has 0 spiro atoms. The Labute approximate surface area is 214 Å². The summed E-state index contributed by atoms with van der Waals surface area (Å²) in [6.07, 6.45) is 7.47. The maximum atomic E-state index is 14.7. The predicted molar refractivity (Wildman–Crippen MR) is 142 cm³/mol. The molecule has 2 aromatic rings. The summed E-state index contributed by atoms with van der Waals surface area (Å²) in [7, 11) is -8.41. The largest absolute Gasteiger partial charge is 0.360 e. The van der Waals surface area contributed by atoms with Gasteiger partial charge in [-0.05, 0) is 44.1 Å². The number of allylic oxidation sites excluding steroid dienone is 1. The molecule has 0 bridgehead atoms. The number of benzene rings is 2. The summed E-state index contributed by atoms with van der Waals surface area (Å²) in [6, 6.07) is 12.9. The van der Waals surface area contributed by atoms with Crippen LogP contribution < -0.4 is 4.72 Å². The highest BCUT2D eigenvalue weighted by Crippen LogP contribution is 2.66. The molecule has 0 aliphatic heterocycles. The third-order valence-corrected chi connectivity index (χ3v) is 10.2. The van der Waals surface area contributed by atoms with Gasteiger partial charge in [-0.25, -0.2) is 8.42 Å². The van der Waals surface area contributed by atoms with E-state index in [4.69, 9.17) is 9.05 Å². The van der Waals surface area contributed by atoms with Crippen LogP contribution in [0.25, 0.3) is 0 Å². The second-order valence-corrected chi connectivity index (χ2v) is 12.9. The standard InChI is InChI=1S/C27H36NO6PS/c1-4-6-10-20-33-35(30,34-21-11-7-5-2)27(19-18-26(29)24-12-8-9-13-25(24)27)28-36(31,32)23-16-14-22(3)15-17-23/h8-9,12-19,28H,4-7,10-11,20-21H2,1-3H3. The van der Waals surface area contributed by atoms with Crippen molar-refractivity contribution in [3.8, 4) is 0 Å². The van der Waals surface area contributed by atoms with E-state index < -0.39 is 22.9 Å². The second kappa shape index (κ2) is 12.4. The van der Waals surface area contributed by atoms with Gasteiger partial charge in [0.25, 0.3) is 0 Å². The molecule has 1 atom stereocenters. The number of hydrogen-bond donors (Lipinski definition) is 1. The molecule has 1 unspecified atom stereocenters. The van der Waals surface area contributed by atoms with Crippen LogP contribution in [0.15, 0.2) is 65.6 Å². The lowest BCUT2D eigenvalue weighted by atomic mass is 9.92. The van der Waals surface area contributed by atoms with Gasteiger partial charge >= 0.3 is 7.60 Å². The van der Waals surface area contributed by atoms with E-state index in [1.807, 2.05) is 20.8 Å². The predicted octanol–water partition coefficient (Wildman–Crippen LogP) is 6.49. The third-order valence-electron chi connectivity index (χ3n) is 6.15. The van der Waals surface area contributed by atoms with Crippen LogP contribution in [0.1, 0.15) is 73.9 Å². The van der Waals surface area contributed by atoms with E-state index in [2.05, 4.69) is 4.72 Å². The first-order chi connectivity index (χ1) is 17.2. The number of fused-ring (bicyclic) bond motifs is 1. The highest BCUT2D eigenvalue weighted by atomic mass is 32.2. The van der Waals surface area contributed by atoms with Crippen molar-refractivity contribution in [1.29, 1.82) is 0 Å². The van der Waals surface area contributed by atoms with Crippen molar-refractivity contribution in [2.45, 2.75) is 69.5 Å². The van der Waals surface area contributed by atoms with Gasteiger partial charge in [-0.2, -0.15) is 4.72 Å². The molecule has 0 radical (unpaired) electrons. The van der Waals surface area contributed by atoms with Crippen molar-refractivity contribution >= 4 is 23.4 Å². The van der Waals surface area contributed by atoms with E-state index in [0.29, 0.717) is 12.8 Å². The van der Waals surface area contributed by atoms with Gasteiger partial charge in [-0.3, -0.25) is 9.36 Å². The fourth-order valence-electron chi connectivity index (χ4n) is 4.09. The maximum Gasteiger partial charge on any atom is 0.360 e. The molecule has 3 rings (SSSR count). The lowest BCUT2D eigenvalue weighted by molar-refractivity contribution is 0.104. The van der Waals surface area contributed by atoms with Crippen LogP contribution in [0.2, 0.25) is 0 Å². The molecule has 0 aromatic heterocycles. The minimum absolute atomic E-state index is 0.0128. The molecule has 0 fully saturated rings. The summed E-state index contributed by atoms with van der Waals surface area (Å²) in [6.45, 7) is 6.22. The summed E-state index contributed by atoms with van der Waals surface area (Å²) in [5.41, 5.74) is 1.41. The number of rotatable bonds is 14. The Bertz CT molecular complexity index is 1210. The van der Waals surface area contributed by atoms with Crippen molar-refractivity contribution < 1.29 is 26.8 Å². The Kier molecular flexibility index (Phi) is 9.84. The zero-order valence-corrected chi connectivity index (χ0v) is 22.9. The monoisotopic (exact) mass is 533 g/mol. The van der Waals surface area contributed by atoms with Gasteiger partial charge in [-0.1, -0.05) is 81.5 Å². The number of sulfonamides is 1. The Morgan fingerprint density at radius 1 is 0.889 bits per heavy atom. The van der Waals surface area contributed by atoms with Gasteiger partial charge in [0.05, 0.1) is 18.1 Å². The van der Waals surface area contributed by atoms with Crippen molar-refractivity contribution in [3.05, 3.63) is 77.4 Å². The molecule has 0 saturated heterocycles. The zero-order valence-electron chi connectivity index (χ0n) is 21.2. The van der Waals surface area contributed by atoms with Crippen LogP contribution in [0.3, 0.4) is 0 Å². The number of hydrogen-bond acceptors (Lipinski definition) is 6. The lowest BCUT2D eigenvalue weighted by Gasteiger charge is -2.40. The first-order valence-corrected chi connectivity index (χ1v) is 15.5. The minimum atomic E-state index is -4.22. The number of carbonyl (C=O) groups is 1. The van der Waals surface area contributed by atoms with Crippen LogP contribution in [-0.2, 0) is 28.9 Å². The topological polar surface area (TPSA) is 98.8 Å². The van der Waals surface area contributed by atoms with E-state index in [1.54, 1.807) is 36.4 Å². The molecule has 1 N–H and O–H groups in total. The van der Waals surface area contributed by atoms with Crippen LogP contribution in [0.5, 0.6) is 0 Å². The summed E-state index contributed by atoms with van der Waals surface area (Å²) in [5.74, 6) is -0.306. The summed E-state index contributed by atoms with van der Waals surface area (Å²) in [5, 5.41) is -1.90. The molecule has 1 aliphatic rings. The number of nitrogens with one attached hydrogen (secondary N) is 1. The molecule has 7 nitrogen and oxygen atoms in total. The van der Waals surface area contributed by atoms with E-state index >= 15 is 0 Å². The van der Waals surface area contributed by atoms with Gasteiger partial charge < -0.3 is 9.05 Å². The van der Waals surface area contributed by atoms with Gasteiger partial charge in [0.1, 0.15) is 0 Å². The summed E-state index contributed by atoms with van der Waals surface area (Å²) >= 11 is 0. The Morgan fingerprint density at radius 3 is 2.06 bits per heavy atom. The Morgan fingerprint density at radius 2 is 1.47 bits per heavy atom. The quantitative estimate of drug-likeness (QED) is 0.220. The molecule has 0 saturated carbocycles. The smallest absolute Gasteiger partial charge is 0.307 e. The Balaban J connectivity index is 2.16. The highest BCUT2D eigenvalue weighted by Gasteiger charge is 2.56. The maximum absolute atomic E-state index is 14.7. The zero-order chi connectivity index (χ0) is 26.2. The second-order valence-electron chi connectivity index (χ2n) is 9.01. The fraction of sp³-hybridized carbons (Fsp3) is 0.444. The molecule has 36 heavy (non-hydrogen) atoms. The molecular formula is C27H36NO6PS. The highest BCUT2D eigenvalue weighted by molar-refractivity contribution is 7.90. The summed E-state index contributed by atoms with van der Waals surface area (Å²) in [4.78, 5) is 12.7. The van der Waals surface area contributed by atoms with Crippen LogP contribution in [0, 0.1) is 6.92 Å². The normalized spacial score (nSPS) is 17.8. The molecule has 2 aromatic carbocycles. The average molecular weight is 534 g/mol. The lowest BCUT2D eigenvalue weighted by Crippen LogP contribution is -2.47. The molecule has 1 aliphatic carbocycles. The molecular weight excluding hydrogens is 497 g/mol. The Hall–Kier alpha value is -2.09. The van der Waals surface area contributed by atoms with E-state index in [-0.39, 0.29) is 35.0 Å². The number of carbonyl (C=O) groups excluding carboxylic acids is 1. The molecule has 9 heteroatoms. The first-order valence-electron chi connectivity index (χ1n) is 12.5. The molecule has 0 amide bonds. The fourth-order valence-corrected chi connectivity index (χ4v) is 8.06. The van der Waals surface area contributed by atoms with E-state index in [9.17, 15) is 17.8 Å². The first kappa shape index (κ1) is 28.5. The van der Waals surface area contributed by atoms with Crippen molar-refractivity contribution in [2.75, 3.05) is 13.2 Å². The van der Waals surface area contributed by atoms with Gasteiger partial charge in [-0.15, -0.1) is 0 Å². The van der Waals surface area contributed by atoms with Crippen LogP contribution in [0.4, 0.5) is 0 Å². The summed E-state index contributed by atoms with van der Waals surface area (Å²) < 4.78 is 56.7. The van der Waals surface area contributed by atoms with Crippen molar-refractivity contribution in [2.24, 2.45) is 0 Å². The van der Waals surface area contributed by atoms with Gasteiger partial charge in [0, 0.05) is 11.1 Å². The number of unbranched alkanes of at least 4 members (excludes halogenated alkanes) is 4. The van der Waals surface area contributed by atoms with E-state index in [0.717, 1.165) is 31.2 Å². The molecule has 196 valence electrons. The average Bonchev–Trinajstić information content (AvgIpc) is 2.87. The van der Waals surface area contributed by atoms with Crippen molar-refractivity contribution in [3.63, 3.8) is 0 Å². The van der Waals surface area contributed by atoms with Gasteiger partial charge in [0.2, 0.25) is 10.0 Å². The molecule has 0 heterocycles. The number of ketones is 1. The van der Waals surface area contributed by atoms with Crippen molar-refractivity contribution in [1.82, 2.24) is 4.72 Å². The van der Waals surface area contributed by atoms with E-state index in [1.165, 1.54) is 24.3 Å². The third kappa shape index (κ3) is 6.24. The minimum Gasteiger partial charge on any atom is -0.307 e. The van der Waals surface area contributed by atoms with Gasteiger partial charge in [0.15, 0.2) is 11.1 Å². The number of aryl methyl sites for hydroxylation is 1. The van der Waals surface area contributed by atoms with Crippen LogP contribution in [-0.4, -0.2) is 27.4 Å².